The van der Waals surface area contributed by atoms with Gasteiger partial charge in [0.1, 0.15) is 11.3 Å². The minimum atomic E-state index is -0.736. The molecule has 0 N–H and O–H groups in total. The van der Waals surface area contributed by atoms with Gasteiger partial charge in [0.15, 0.2) is 5.69 Å². The van der Waals surface area contributed by atoms with E-state index in [0.717, 1.165) is 0 Å². The van der Waals surface area contributed by atoms with E-state index < -0.39 is 17.5 Å². The molecule has 0 bridgehead atoms. The quantitative estimate of drug-likeness (QED) is 0.597. The average molecular weight is 331 g/mol. The van der Waals surface area contributed by atoms with E-state index in [4.69, 9.17) is 9.47 Å². The van der Waals surface area contributed by atoms with Crippen molar-refractivity contribution in [3.8, 4) is 0 Å². The molecule has 0 amide bonds. The number of pyridine rings is 1. The van der Waals surface area contributed by atoms with Crippen LogP contribution in [0.2, 0.25) is 0 Å². The zero-order valence-electron chi connectivity index (χ0n) is 13.8. The molecular weight excluding hydrogens is 314 g/mol. The second-order valence-electron chi connectivity index (χ2n) is 5.06. The summed E-state index contributed by atoms with van der Waals surface area (Å²) in [5.41, 5.74) is -0.583. The van der Waals surface area contributed by atoms with Crippen molar-refractivity contribution < 1.29 is 19.1 Å². The van der Waals surface area contributed by atoms with Gasteiger partial charge in [-0.1, -0.05) is 6.07 Å². The van der Waals surface area contributed by atoms with Crippen LogP contribution < -0.4 is 5.56 Å². The summed E-state index contributed by atoms with van der Waals surface area (Å²) in [6, 6.07) is 4.87. The van der Waals surface area contributed by atoms with Crippen LogP contribution in [-0.2, 0) is 14.3 Å². The highest BCUT2D eigenvalue weighted by molar-refractivity contribution is 6.15. The van der Waals surface area contributed by atoms with Crippen LogP contribution in [0, 0.1) is 0 Å². The minimum absolute atomic E-state index is 0.0593. The third-order valence-electron chi connectivity index (χ3n) is 3.17. The highest BCUT2D eigenvalue weighted by atomic mass is 16.5. The lowest BCUT2D eigenvalue weighted by molar-refractivity contribution is -0.133. The van der Waals surface area contributed by atoms with Crippen LogP contribution in [0.1, 0.15) is 16.2 Å². The molecule has 0 aliphatic rings. The molecule has 0 radical (unpaired) electrons. The normalized spacial score (nSPS) is 11.2. The molecule has 0 spiro atoms. The molecule has 0 fully saturated rings. The Hall–Kier alpha value is -3.16. The minimum Gasteiger partial charge on any atom is -0.465 e. The lowest BCUT2D eigenvalue weighted by atomic mass is 10.2. The molecule has 2 rings (SSSR count). The molecule has 0 unspecified atom stereocenters. The lowest BCUT2D eigenvalue weighted by Crippen LogP contribution is -2.26. The average Bonchev–Trinajstić information content (AvgIpc) is 2.59. The first-order valence-electron chi connectivity index (χ1n) is 6.97. The largest absolute Gasteiger partial charge is 0.465 e. The van der Waals surface area contributed by atoms with Crippen molar-refractivity contribution in [2.45, 2.75) is 0 Å². The van der Waals surface area contributed by atoms with Crippen LogP contribution >= 0.6 is 0 Å². The van der Waals surface area contributed by atoms with Gasteiger partial charge in [-0.05, 0) is 12.1 Å². The second kappa shape index (κ2) is 6.95. The Bertz CT molecular complexity index is 883. The Morgan fingerprint density at radius 3 is 2.46 bits per heavy atom. The number of hydrogen-bond donors (Lipinski definition) is 0. The predicted octanol–water partition coefficient (Wildman–Crippen LogP) is 0.557. The molecule has 0 atom stereocenters. The van der Waals surface area contributed by atoms with E-state index in [1.807, 2.05) is 0 Å². The number of esters is 2. The van der Waals surface area contributed by atoms with Crippen molar-refractivity contribution >= 4 is 23.0 Å². The number of ether oxygens (including phenoxy) is 2. The number of fused-ring (bicyclic) bond motifs is 1. The van der Waals surface area contributed by atoms with Crippen molar-refractivity contribution in [2.75, 3.05) is 28.3 Å². The van der Waals surface area contributed by atoms with Crippen LogP contribution in [0.5, 0.6) is 0 Å². The van der Waals surface area contributed by atoms with Gasteiger partial charge in [-0.2, -0.15) is 0 Å². The van der Waals surface area contributed by atoms with E-state index in [-0.39, 0.29) is 22.5 Å². The fourth-order valence-electron chi connectivity index (χ4n) is 2.15. The van der Waals surface area contributed by atoms with E-state index in [9.17, 15) is 14.4 Å². The van der Waals surface area contributed by atoms with Gasteiger partial charge in [-0.3, -0.25) is 9.20 Å². The molecule has 0 aromatic carbocycles. The van der Waals surface area contributed by atoms with Crippen LogP contribution in [0.3, 0.4) is 0 Å². The standard InChI is InChI=1S/C16H17N3O5/c1-18(2)9-10(15(21)23-3)12-14(20)19-8-6-5-7-11(19)13(17-12)16(22)24-4/h5-9H,1-4H3/b10-9+. The molecule has 2 aromatic rings. The van der Waals surface area contributed by atoms with Gasteiger partial charge in [0.05, 0.1) is 19.7 Å². The number of carbonyl (C=O) groups excluding carboxylic acids is 2. The number of aromatic nitrogens is 2. The van der Waals surface area contributed by atoms with Crippen molar-refractivity contribution in [1.29, 1.82) is 0 Å². The Morgan fingerprint density at radius 2 is 1.88 bits per heavy atom. The third-order valence-corrected chi connectivity index (χ3v) is 3.17. The van der Waals surface area contributed by atoms with Crippen LogP contribution in [0.4, 0.5) is 0 Å². The maximum atomic E-state index is 12.7. The zero-order valence-corrected chi connectivity index (χ0v) is 13.8. The number of methoxy groups -OCH3 is 2. The van der Waals surface area contributed by atoms with E-state index in [1.54, 1.807) is 37.2 Å². The topological polar surface area (TPSA) is 90.2 Å². The molecular formula is C16H17N3O5. The number of hydrogen-bond acceptors (Lipinski definition) is 7. The Kier molecular flexibility index (Phi) is 4.98. The summed E-state index contributed by atoms with van der Waals surface area (Å²) in [5.74, 6) is -1.45. The molecule has 2 heterocycles. The van der Waals surface area contributed by atoms with Crippen molar-refractivity contribution in [2.24, 2.45) is 0 Å². The van der Waals surface area contributed by atoms with Gasteiger partial charge in [0.2, 0.25) is 0 Å². The van der Waals surface area contributed by atoms with Gasteiger partial charge in [0, 0.05) is 26.5 Å². The van der Waals surface area contributed by atoms with Crippen molar-refractivity contribution in [1.82, 2.24) is 14.3 Å². The van der Waals surface area contributed by atoms with Gasteiger partial charge in [-0.15, -0.1) is 0 Å². The van der Waals surface area contributed by atoms with Crippen molar-refractivity contribution in [3.63, 3.8) is 0 Å². The lowest BCUT2D eigenvalue weighted by Gasteiger charge is -2.12. The summed E-state index contributed by atoms with van der Waals surface area (Å²) in [6.07, 6.45) is 2.89. The highest BCUT2D eigenvalue weighted by Gasteiger charge is 2.23. The van der Waals surface area contributed by atoms with E-state index in [1.165, 1.54) is 31.0 Å². The summed E-state index contributed by atoms with van der Waals surface area (Å²) < 4.78 is 10.7. The molecule has 0 aliphatic heterocycles. The first-order chi connectivity index (χ1) is 11.4. The maximum Gasteiger partial charge on any atom is 0.358 e. The summed E-state index contributed by atoms with van der Waals surface area (Å²) >= 11 is 0. The van der Waals surface area contributed by atoms with Gasteiger partial charge >= 0.3 is 11.9 Å². The Morgan fingerprint density at radius 1 is 1.17 bits per heavy atom. The zero-order chi connectivity index (χ0) is 17.9. The van der Waals surface area contributed by atoms with E-state index >= 15 is 0 Å². The number of carbonyl (C=O) groups is 2. The first-order valence-corrected chi connectivity index (χ1v) is 6.97. The fraction of sp³-hybridized carbons (Fsp3) is 0.250. The third kappa shape index (κ3) is 3.12. The molecule has 0 saturated carbocycles. The number of nitrogens with zero attached hydrogens (tertiary/aromatic N) is 3. The van der Waals surface area contributed by atoms with Gasteiger partial charge < -0.3 is 14.4 Å². The summed E-state index contributed by atoms with van der Waals surface area (Å²) in [7, 11) is 5.78. The molecule has 8 nitrogen and oxygen atoms in total. The molecule has 126 valence electrons. The summed E-state index contributed by atoms with van der Waals surface area (Å²) in [5, 5.41) is 0. The smallest absolute Gasteiger partial charge is 0.358 e. The molecule has 2 aromatic heterocycles. The Balaban J connectivity index is 2.88. The SMILES string of the molecule is COC(=O)/C(=C/N(C)C)c1nc(C(=O)OC)c2ccccn2c1=O. The molecule has 24 heavy (non-hydrogen) atoms. The van der Waals surface area contributed by atoms with Crippen LogP contribution in [0.15, 0.2) is 35.4 Å². The first kappa shape index (κ1) is 17.2. The maximum absolute atomic E-state index is 12.7. The van der Waals surface area contributed by atoms with Gasteiger partial charge in [-0.25, -0.2) is 14.6 Å². The monoisotopic (exact) mass is 331 g/mol. The Labute approximate surface area is 137 Å². The van der Waals surface area contributed by atoms with Crippen molar-refractivity contribution in [3.05, 3.63) is 52.3 Å². The molecule has 0 aliphatic carbocycles. The summed E-state index contributed by atoms with van der Waals surface area (Å²) in [4.78, 5) is 42.5. The summed E-state index contributed by atoms with van der Waals surface area (Å²) in [6.45, 7) is 0. The molecule has 0 saturated heterocycles. The van der Waals surface area contributed by atoms with Crippen LogP contribution in [-0.4, -0.2) is 54.5 Å². The predicted molar refractivity (Wildman–Crippen MR) is 86.5 cm³/mol. The van der Waals surface area contributed by atoms with E-state index in [0.29, 0.717) is 0 Å². The van der Waals surface area contributed by atoms with E-state index in [2.05, 4.69) is 4.98 Å². The second-order valence-corrected chi connectivity index (χ2v) is 5.06. The molecule has 8 heteroatoms. The van der Waals surface area contributed by atoms with Crippen LogP contribution in [0.25, 0.3) is 11.1 Å². The fourth-order valence-corrected chi connectivity index (χ4v) is 2.15. The van der Waals surface area contributed by atoms with Gasteiger partial charge in [0.25, 0.3) is 5.56 Å². The number of rotatable bonds is 4. The highest BCUT2D eigenvalue weighted by Crippen LogP contribution is 2.15.